The zero-order valence-electron chi connectivity index (χ0n) is 14.6. The number of imidazole rings is 1. The van der Waals surface area contributed by atoms with Crippen molar-refractivity contribution in [1.29, 1.82) is 0 Å². The molecule has 0 radical (unpaired) electrons. The minimum Gasteiger partial charge on any atom is -0.350 e. The molecule has 2 heterocycles. The fourth-order valence-corrected chi connectivity index (χ4v) is 3.67. The second kappa shape index (κ2) is 7.28. The van der Waals surface area contributed by atoms with Gasteiger partial charge in [0.15, 0.2) is 0 Å². The van der Waals surface area contributed by atoms with Gasteiger partial charge in [-0.25, -0.2) is 9.37 Å². The van der Waals surface area contributed by atoms with Crippen LogP contribution < -0.4 is 5.32 Å². The zero-order chi connectivity index (χ0) is 17.9. The van der Waals surface area contributed by atoms with Gasteiger partial charge >= 0.3 is 0 Å². The van der Waals surface area contributed by atoms with E-state index in [-0.39, 0.29) is 11.7 Å². The fraction of sp³-hybridized carbons (Fsp3) is 0.333. The third-order valence-corrected chi connectivity index (χ3v) is 5.14. The molecule has 26 heavy (non-hydrogen) atoms. The number of carbonyl (C=O) groups excluding carboxylic acids is 1. The smallest absolute Gasteiger partial charge is 0.271 e. The molecular formula is C21H22FN3O. The molecule has 1 aliphatic rings. The van der Waals surface area contributed by atoms with Crippen LogP contribution in [0.5, 0.6) is 0 Å². The summed E-state index contributed by atoms with van der Waals surface area (Å²) in [6, 6.07) is 10.3. The summed E-state index contributed by atoms with van der Waals surface area (Å²) in [5.41, 5.74) is 2.35. The molecule has 3 aromatic rings. The van der Waals surface area contributed by atoms with Crippen LogP contribution in [0.3, 0.4) is 0 Å². The second-order valence-corrected chi connectivity index (χ2v) is 7.00. The minimum absolute atomic E-state index is 0.147. The molecule has 134 valence electrons. The number of amides is 1. The molecule has 0 saturated heterocycles. The summed E-state index contributed by atoms with van der Waals surface area (Å²) in [5.74, 6) is 0.168. The summed E-state index contributed by atoms with van der Waals surface area (Å²) in [7, 11) is 0. The van der Waals surface area contributed by atoms with Crippen molar-refractivity contribution < 1.29 is 9.18 Å². The predicted octanol–water partition coefficient (Wildman–Crippen LogP) is 4.45. The number of nitrogens with zero attached hydrogens (tertiary/aromatic N) is 2. The van der Waals surface area contributed by atoms with Gasteiger partial charge in [0, 0.05) is 30.1 Å². The molecular weight excluding hydrogens is 329 g/mol. The summed E-state index contributed by atoms with van der Waals surface area (Å²) >= 11 is 0. The molecule has 0 unspecified atom stereocenters. The molecule has 0 bridgehead atoms. The van der Waals surface area contributed by atoms with Gasteiger partial charge in [0.1, 0.15) is 17.2 Å². The van der Waals surface area contributed by atoms with Gasteiger partial charge < -0.3 is 9.72 Å². The molecule has 1 aliphatic carbocycles. The van der Waals surface area contributed by atoms with Gasteiger partial charge in [-0.1, -0.05) is 37.5 Å². The van der Waals surface area contributed by atoms with E-state index in [9.17, 15) is 9.18 Å². The first-order valence-corrected chi connectivity index (χ1v) is 9.22. The highest BCUT2D eigenvalue weighted by Gasteiger charge is 2.16. The maximum atomic E-state index is 14.0. The topological polar surface area (TPSA) is 46.4 Å². The lowest BCUT2D eigenvalue weighted by Crippen LogP contribution is -2.30. The fourth-order valence-electron chi connectivity index (χ4n) is 3.67. The molecule has 0 spiro atoms. The van der Waals surface area contributed by atoms with E-state index < -0.39 is 0 Å². The zero-order valence-corrected chi connectivity index (χ0v) is 14.6. The van der Waals surface area contributed by atoms with E-state index in [0.717, 1.165) is 5.56 Å². The third kappa shape index (κ3) is 3.47. The Bertz CT molecular complexity index is 928. The Labute approximate surface area is 152 Å². The SMILES string of the molecule is O=C(NCC1CCCCC1)c1cn2cc(-c3ccccc3F)ccc2n1. The van der Waals surface area contributed by atoms with Gasteiger partial charge in [0.05, 0.1) is 0 Å². The van der Waals surface area contributed by atoms with E-state index in [1.807, 2.05) is 6.07 Å². The summed E-state index contributed by atoms with van der Waals surface area (Å²) in [6.07, 6.45) is 9.71. The maximum Gasteiger partial charge on any atom is 0.271 e. The standard InChI is InChI=1S/C21H22FN3O/c22-18-9-5-4-8-17(18)16-10-11-20-24-19(14-25(20)13-16)21(26)23-12-15-6-2-1-3-7-15/h4-5,8-11,13-15H,1-3,6-7,12H2,(H,23,26). The highest BCUT2D eigenvalue weighted by Crippen LogP contribution is 2.24. The highest BCUT2D eigenvalue weighted by atomic mass is 19.1. The van der Waals surface area contributed by atoms with Crippen molar-refractivity contribution in [3.63, 3.8) is 0 Å². The number of fused-ring (bicyclic) bond motifs is 1. The largest absolute Gasteiger partial charge is 0.350 e. The van der Waals surface area contributed by atoms with E-state index >= 15 is 0 Å². The van der Waals surface area contributed by atoms with Crippen LogP contribution in [-0.2, 0) is 0 Å². The lowest BCUT2D eigenvalue weighted by Gasteiger charge is -2.21. The monoisotopic (exact) mass is 351 g/mol. The average Bonchev–Trinajstić information content (AvgIpc) is 3.11. The van der Waals surface area contributed by atoms with Crippen molar-refractivity contribution in [2.75, 3.05) is 6.54 Å². The minimum atomic E-state index is -0.266. The molecule has 0 aliphatic heterocycles. The first kappa shape index (κ1) is 16.8. The van der Waals surface area contributed by atoms with Crippen molar-refractivity contribution in [3.05, 3.63) is 60.3 Å². The van der Waals surface area contributed by atoms with Gasteiger partial charge in [-0.3, -0.25) is 4.79 Å². The Morgan fingerprint density at radius 1 is 1.12 bits per heavy atom. The van der Waals surface area contributed by atoms with Crippen molar-refractivity contribution in [2.45, 2.75) is 32.1 Å². The molecule has 1 amide bonds. The quantitative estimate of drug-likeness (QED) is 0.755. The number of hydrogen-bond donors (Lipinski definition) is 1. The van der Waals surface area contributed by atoms with Crippen molar-refractivity contribution in [1.82, 2.24) is 14.7 Å². The van der Waals surface area contributed by atoms with Crippen molar-refractivity contribution in [2.24, 2.45) is 5.92 Å². The van der Waals surface area contributed by atoms with Crippen LogP contribution in [0, 0.1) is 11.7 Å². The summed E-state index contributed by atoms with van der Waals surface area (Å²) in [6.45, 7) is 0.715. The van der Waals surface area contributed by atoms with Gasteiger partial charge in [0.25, 0.3) is 5.91 Å². The molecule has 4 rings (SSSR count). The van der Waals surface area contributed by atoms with Gasteiger partial charge in [0.2, 0.25) is 0 Å². The number of aromatic nitrogens is 2. The number of halogens is 1. The van der Waals surface area contributed by atoms with Crippen molar-refractivity contribution in [3.8, 4) is 11.1 Å². The molecule has 2 aromatic heterocycles. The Balaban J connectivity index is 1.52. The summed E-state index contributed by atoms with van der Waals surface area (Å²) in [4.78, 5) is 16.8. The molecule has 0 atom stereocenters. The summed E-state index contributed by atoms with van der Waals surface area (Å²) in [5, 5.41) is 3.01. The van der Waals surface area contributed by atoms with Crippen LogP contribution >= 0.6 is 0 Å². The number of pyridine rings is 1. The molecule has 5 heteroatoms. The molecule has 1 N–H and O–H groups in total. The van der Waals surface area contributed by atoms with Crippen LogP contribution in [0.1, 0.15) is 42.6 Å². The van der Waals surface area contributed by atoms with Crippen LogP contribution in [-0.4, -0.2) is 21.8 Å². The van der Waals surface area contributed by atoms with Gasteiger partial charge in [-0.15, -0.1) is 0 Å². The molecule has 1 aromatic carbocycles. The van der Waals surface area contributed by atoms with E-state index in [0.29, 0.717) is 29.4 Å². The average molecular weight is 351 g/mol. The third-order valence-electron chi connectivity index (χ3n) is 5.14. The van der Waals surface area contributed by atoms with Crippen LogP contribution in [0.2, 0.25) is 0 Å². The van der Waals surface area contributed by atoms with Crippen LogP contribution in [0.25, 0.3) is 16.8 Å². The molecule has 4 nitrogen and oxygen atoms in total. The number of carbonyl (C=O) groups is 1. The second-order valence-electron chi connectivity index (χ2n) is 7.00. The number of hydrogen-bond acceptors (Lipinski definition) is 2. The van der Waals surface area contributed by atoms with Gasteiger partial charge in [-0.2, -0.15) is 0 Å². The molecule has 1 saturated carbocycles. The Morgan fingerprint density at radius 2 is 1.92 bits per heavy atom. The Kier molecular flexibility index (Phi) is 4.69. The lowest BCUT2D eigenvalue weighted by atomic mass is 9.89. The van der Waals surface area contributed by atoms with Crippen molar-refractivity contribution >= 4 is 11.6 Å². The Hall–Kier alpha value is -2.69. The van der Waals surface area contributed by atoms with E-state index in [1.165, 1.54) is 38.2 Å². The predicted molar refractivity (Wildman–Crippen MR) is 99.5 cm³/mol. The van der Waals surface area contributed by atoms with E-state index in [1.54, 1.807) is 41.1 Å². The number of rotatable bonds is 4. The highest BCUT2D eigenvalue weighted by molar-refractivity contribution is 5.92. The molecule has 1 fully saturated rings. The van der Waals surface area contributed by atoms with E-state index in [2.05, 4.69) is 10.3 Å². The first-order chi connectivity index (χ1) is 12.7. The maximum absolute atomic E-state index is 14.0. The van der Waals surface area contributed by atoms with Crippen LogP contribution in [0.15, 0.2) is 48.8 Å². The van der Waals surface area contributed by atoms with Crippen LogP contribution in [0.4, 0.5) is 4.39 Å². The lowest BCUT2D eigenvalue weighted by molar-refractivity contribution is 0.0939. The number of benzene rings is 1. The first-order valence-electron chi connectivity index (χ1n) is 9.22. The number of nitrogens with one attached hydrogen (secondary N) is 1. The Morgan fingerprint density at radius 3 is 2.73 bits per heavy atom. The van der Waals surface area contributed by atoms with Gasteiger partial charge in [-0.05, 0) is 37.0 Å². The summed E-state index contributed by atoms with van der Waals surface area (Å²) < 4.78 is 15.8. The van der Waals surface area contributed by atoms with E-state index in [4.69, 9.17) is 0 Å². The normalized spacial score (nSPS) is 15.3.